The number of hydrogen-bond donors (Lipinski definition) is 1. The maximum Gasteiger partial charge on any atom is 0.294 e. The summed E-state index contributed by atoms with van der Waals surface area (Å²) in [5, 5.41) is 4.37. The molecule has 28 heavy (non-hydrogen) atoms. The minimum absolute atomic E-state index is 0.0809. The summed E-state index contributed by atoms with van der Waals surface area (Å²) < 4.78 is 7.11. The van der Waals surface area contributed by atoms with Crippen molar-refractivity contribution in [1.82, 2.24) is 14.5 Å². The average Bonchev–Trinajstić information content (AvgIpc) is 2.70. The largest absolute Gasteiger partial charge is 0.448 e. The highest BCUT2D eigenvalue weighted by Crippen LogP contribution is 2.35. The molecule has 2 heterocycles. The van der Waals surface area contributed by atoms with Crippen LogP contribution in [0.2, 0.25) is 10.0 Å². The Morgan fingerprint density at radius 3 is 2.46 bits per heavy atom. The van der Waals surface area contributed by atoms with Gasteiger partial charge in [-0.15, -0.1) is 0 Å². The molecule has 4 rings (SSSR count). The number of para-hydroxylation sites is 2. The summed E-state index contributed by atoms with van der Waals surface area (Å²) in [5.74, 6) is 0.694. The highest BCUT2D eigenvalue weighted by molar-refractivity contribution is 6.37. The van der Waals surface area contributed by atoms with Crippen LogP contribution in [-0.4, -0.2) is 14.5 Å². The molecule has 0 saturated heterocycles. The quantitative estimate of drug-likeness (QED) is 0.500. The summed E-state index contributed by atoms with van der Waals surface area (Å²) in [4.78, 5) is 21.5. The number of anilines is 2. The van der Waals surface area contributed by atoms with Crippen molar-refractivity contribution in [2.75, 3.05) is 5.32 Å². The van der Waals surface area contributed by atoms with Gasteiger partial charge in [0.25, 0.3) is 5.56 Å². The van der Waals surface area contributed by atoms with Crippen LogP contribution in [0.15, 0.2) is 65.6 Å². The fourth-order valence-electron chi connectivity index (χ4n) is 2.69. The lowest BCUT2D eigenvalue weighted by Crippen LogP contribution is -2.19. The zero-order valence-electron chi connectivity index (χ0n) is 14.7. The Kier molecular flexibility index (Phi) is 4.90. The Balaban J connectivity index is 1.74. The number of benzene rings is 2. The number of aromatic nitrogens is 3. The van der Waals surface area contributed by atoms with Gasteiger partial charge in [0.1, 0.15) is 5.65 Å². The normalized spacial score (nSPS) is 10.8. The minimum Gasteiger partial charge on any atom is -0.448 e. The Morgan fingerprint density at radius 2 is 1.75 bits per heavy atom. The average molecular weight is 413 g/mol. The van der Waals surface area contributed by atoms with Crippen LogP contribution < -0.4 is 15.6 Å². The Labute approximate surface area is 170 Å². The summed E-state index contributed by atoms with van der Waals surface area (Å²) in [7, 11) is 1.62. The third kappa shape index (κ3) is 3.52. The fraction of sp³-hybridized carbons (Fsp3) is 0.0500. The monoisotopic (exact) mass is 412 g/mol. The smallest absolute Gasteiger partial charge is 0.294 e. The second kappa shape index (κ2) is 7.50. The van der Waals surface area contributed by atoms with Gasteiger partial charge in [0.05, 0.1) is 10.0 Å². The van der Waals surface area contributed by atoms with Crippen LogP contribution in [0, 0.1) is 0 Å². The van der Waals surface area contributed by atoms with Gasteiger partial charge in [0, 0.05) is 24.3 Å². The van der Waals surface area contributed by atoms with Gasteiger partial charge < -0.3 is 10.1 Å². The molecule has 0 bridgehead atoms. The van der Waals surface area contributed by atoms with Gasteiger partial charge in [0.15, 0.2) is 11.5 Å². The molecule has 0 atom stereocenters. The van der Waals surface area contributed by atoms with Gasteiger partial charge >= 0.3 is 0 Å². The molecule has 0 amide bonds. The van der Waals surface area contributed by atoms with E-state index < -0.39 is 0 Å². The van der Waals surface area contributed by atoms with Gasteiger partial charge in [0.2, 0.25) is 5.95 Å². The molecule has 0 aliphatic carbocycles. The van der Waals surface area contributed by atoms with Crippen LogP contribution in [0.5, 0.6) is 11.5 Å². The lowest BCUT2D eigenvalue weighted by Gasteiger charge is -2.12. The van der Waals surface area contributed by atoms with Gasteiger partial charge in [-0.2, -0.15) is 4.98 Å². The number of aryl methyl sites for hydroxylation is 1. The standard InChI is InChI=1S/C20H14Cl2N4O2/c1-26-18-12(11-23-20(25-18)24-13-6-3-2-4-7-13)10-16(19(26)27)28-17-14(21)8-5-9-15(17)22/h2-11H,1H3,(H,23,24,25). The first-order valence-electron chi connectivity index (χ1n) is 8.33. The molecule has 4 aromatic rings. The molecular formula is C20H14Cl2N4O2. The van der Waals surface area contributed by atoms with Gasteiger partial charge in [-0.25, -0.2) is 4.98 Å². The molecule has 0 radical (unpaired) electrons. The lowest BCUT2D eigenvalue weighted by atomic mass is 10.3. The second-order valence-corrected chi connectivity index (χ2v) is 6.80. The first-order valence-corrected chi connectivity index (χ1v) is 9.09. The number of nitrogens with one attached hydrogen (secondary N) is 1. The first kappa shape index (κ1) is 18.3. The van der Waals surface area contributed by atoms with Crippen molar-refractivity contribution >= 4 is 45.9 Å². The minimum atomic E-state index is -0.368. The number of nitrogens with zero attached hydrogens (tertiary/aromatic N) is 3. The fourth-order valence-corrected chi connectivity index (χ4v) is 3.17. The molecule has 0 fully saturated rings. The van der Waals surface area contributed by atoms with E-state index in [4.69, 9.17) is 27.9 Å². The second-order valence-electron chi connectivity index (χ2n) is 5.99. The molecule has 6 nitrogen and oxygen atoms in total. The van der Waals surface area contributed by atoms with Crippen LogP contribution in [-0.2, 0) is 7.05 Å². The van der Waals surface area contributed by atoms with E-state index in [1.54, 1.807) is 37.5 Å². The van der Waals surface area contributed by atoms with Crippen molar-refractivity contribution in [2.24, 2.45) is 7.05 Å². The molecule has 0 aliphatic heterocycles. The van der Waals surface area contributed by atoms with Crippen molar-refractivity contribution in [2.45, 2.75) is 0 Å². The Bertz CT molecular complexity index is 1210. The van der Waals surface area contributed by atoms with E-state index in [0.29, 0.717) is 27.0 Å². The summed E-state index contributed by atoms with van der Waals surface area (Å²) in [6.45, 7) is 0. The number of pyridine rings is 1. The van der Waals surface area contributed by atoms with Crippen LogP contribution >= 0.6 is 23.2 Å². The summed E-state index contributed by atoms with van der Waals surface area (Å²) >= 11 is 12.3. The van der Waals surface area contributed by atoms with Crippen LogP contribution in [0.4, 0.5) is 11.6 Å². The third-order valence-electron chi connectivity index (χ3n) is 4.08. The molecule has 0 spiro atoms. The van der Waals surface area contributed by atoms with Gasteiger partial charge in [-0.05, 0) is 30.3 Å². The number of ether oxygens (including phenoxy) is 1. The van der Waals surface area contributed by atoms with E-state index in [2.05, 4.69) is 15.3 Å². The van der Waals surface area contributed by atoms with Gasteiger partial charge in [-0.1, -0.05) is 47.5 Å². The molecule has 2 aromatic carbocycles. The lowest BCUT2D eigenvalue weighted by molar-refractivity contribution is 0.472. The van der Waals surface area contributed by atoms with Crippen LogP contribution in [0.3, 0.4) is 0 Å². The summed E-state index contributed by atoms with van der Waals surface area (Å²) in [5.41, 5.74) is 0.948. The van der Waals surface area contributed by atoms with Crippen molar-refractivity contribution in [1.29, 1.82) is 0 Å². The molecule has 0 saturated carbocycles. The van der Waals surface area contributed by atoms with E-state index in [9.17, 15) is 4.79 Å². The molecular weight excluding hydrogens is 399 g/mol. The van der Waals surface area contributed by atoms with E-state index in [0.717, 1.165) is 5.69 Å². The maximum atomic E-state index is 12.8. The van der Waals surface area contributed by atoms with Crippen molar-refractivity contribution in [3.63, 3.8) is 0 Å². The molecule has 8 heteroatoms. The molecule has 1 N–H and O–H groups in total. The zero-order chi connectivity index (χ0) is 19.7. The SMILES string of the molecule is Cn1c(=O)c(Oc2c(Cl)cccc2Cl)cc2cnc(Nc3ccccc3)nc21. The molecule has 2 aromatic heterocycles. The van der Waals surface area contributed by atoms with Crippen molar-refractivity contribution in [3.05, 3.63) is 81.2 Å². The summed E-state index contributed by atoms with van der Waals surface area (Å²) in [6, 6.07) is 16.1. The van der Waals surface area contributed by atoms with Crippen LogP contribution in [0.25, 0.3) is 11.0 Å². The Hall–Kier alpha value is -3.09. The molecule has 0 unspecified atom stereocenters. The van der Waals surface area contributed by atoms with E-state index in [1.165, 1.54) is 4.57 Å². The van der Waals surface area contributed by atoms with Crippen LogP contribution in [0.1, 0.15) is 0 Å². The number of hydrogen-bond acceptors (Lipinski definition) is 5. The van der Waals surface area contributed by atoms with Crippen molar-refractivity contribution < 1.29 is 4.74 Å². The van der Waals surface area contributed by atoms with Gasteiger partial charge in [-0.3, -0.25) is 9.36 Å². The predicted octanol–water partition coefficient (Wildman–Crippen LogP) is 5.17. The topological polar surface area (TPSA) is 69.0 Å². The highest BCUT2D eigenvalue weighted by atomic mass is 35.5. The number of halogens is 2. The molecule has 140 valence electrons. The van der Waals surface area contributed by atoms with E-state index in [-0.39, 0.29) is 17.1 Å². The summed E-state index contributed by atoms with van der Waals surface area (Å²) in [6.07, 6.45) is 1.62. The predicted molar refractivity (Wildman–Crippen MR) is 111 cm³/mol. The first-order chi connectivity index (χ1) is 13.5. The third-order valence-corrected chi connectivity index (χ3v) is 4.67. The Morgan fingerprint density at radius 1 is 1.04 bits per heavy atom. The number of fused-ring (bicyclic) bond motifs is 1. The van der Waals surface area contributed by atoms with E-state index in [1.807, 2.05) is 30.3 Å². The molecule has 0 aliphatic rings. The highest BCUT2D eigenvalue weighted by Gasteiger charge is 2.14. The maximum absolute atomic E-state index is 12.8. The van der Waals surface area contributed by atoms with E-state index >= 15 is 0 Å². The van der Waals surface area contributed by atoms with Crippen molar-refractivity contribution in [3.8, 4) is 11.5 Å². The zero-order valence-corrected chi connectivity index (χ0v) is 16.2. The number of rotatable bonds is 4.